The van der Waals surface area contributed by atoms with Gasteiger partial charge in [-0.25, -0.2) is 0 Å². The third kappa shape index (κ3) is 3.48. The average Bonchev–Trinajstić information content (AvgIpc) is 3.30. The maximum absolute atomic E-state index is 2.33. The van der Waals surface area contributed by atoms with Crippen LogP contribution in [0.2, 0.25) is 0 Å². The topological polar surface area (TPSA) is 0 Å². The van der Waals surface area contributed by atoms with Crippen molar-refractivity contribution in [3.05, 3.63) is 38.1 Å². The fourth-order valence-corrected chi connectivity index (χ4v) is 15.4. The first kappa shape index (κ1) is 16.9. The van der Waals surface area contributed by atoms with E-state index in [9.17, 15) is 0 Å². The van der Waals surface area contributed by atoms with E-state index >= 15 is 0 Å². The lowest BCUT2D eigenvalue weighted by Crippen LogP contribution is -1.95. The zero-order valence-corrected chi connectivity index (χ0v) is 19.0. The summed E-state index contributed by atoms with van der Waals surface area (Å²) in [6.45, 7) is 0. The molecule has 0 radical (unpaired) electrons. The van der Waals surface area contributed by atoms with Crippen molar-refractivity contribution >= 4 is 114 Å². The van der Waals surface area contributed by atoms with Gasteiger partial charge in [-0.1, -0.05) is 47.0 Å². The van der Waals surface area contributed by atoms with Crippen molar-refractivity contribution in [1.29, 1.82) is 0 Å². The minimum Gasteiger partial charge on any atom is -0.133 e. The van der Waals surface area contributed by atoms with Crippen LogP contribution >= 0.6 is 105 Å². The van der Waals surface area contributed by atoms with Crippen LogP contribution in [0.3, 0.4) is 0 Å². The highest BCUT2D eigenvalue weighted by Crippen LogP contribution is 2.61. The third-order valence-electron chi connectivity index (χ3n) is 3.18. The van der Waals surface area contributed by atoms with Gasteiger partial charge >= 0.3 is 0 Å². The molecular formula is C14H10S9. The molecule has 4 aliphatic rings. The summed E-state index contributed by atoms with van der Waals surface area (Å²) in [5.74, 6) is 5.05. The first-order valence-electron chi connectivity index (χ1n) is 6.92. The Balaban J connectivity index is 1.46. The van der Waals surface area contributed by atoms with Gasteiger partial charge in [-0.05, 0) is 12.1 Å². The van der Waals surface area contributed by atoms with Crippen LogP contribution in [0, 0.1) is 0 Å². The second kappa shape index (κ2) is 7.38. The summed E-state index contributed by atoms with van der Waals surface area (Å²) >= 11 is 18.1. The largest absolute Gasteiger partial charge is 0.133 e. The van der Waals surface area contributed by atoms with Crippen molar-refractivity contribution in [3.63, 3.8) is 0 Å². The Kier molecular flexibility index (Phi) is 5.41. The normalized spacial score (nSPS) is 24.5. The fourth-order valence-electron chi connectivity index (χ4n) is 2.19. The molecule has 5 heterocycles. The molecule has 23 heavy (non-hydrogen) atoms. The summed E-state index contributed by atoms with van der Waals surface area (Å²) in [5.41, 5.74) is 0. The lowest BCUT2D eigenvalue weighted by atomic mass is 10.6. The van der Waals surface area contributed by atoms with Crippen LogP contribution in [0.15, 0.2) is 29.1 Å². The molecule has 0 atom stereocenters. The molecule has 0 saturated carbocycles. The molecule has 0 fully saturated rings. The summed E-state index contributed by atoms with van der Waals surface area (Å²) in [6.07, 6.45) is 0. The van der Waals surface area contributed by atoms with E-state index in [0.717, 1.165) is 0 Å². The average molecular weight is 467 g/mol. The van der Waals surface area contributed by atoms with E-state index in [2.05, 4.69) is 12.1 Å². The van der Waals surface area contributed by atoms with E-state index in [1.807, 2.05) is 105 Å². The van der Waals surface area contributed by atoms with Crippen LogP contribution < -0.4 is 9.06 Å². The summed E-state index contributed by atoms with van der Waals surface area (Å²) < 4.78 is 12.0. The lowest BCUT2D eigenvalue weighted by Gasteiger charge is -2.08. The Bertz CT molecular complexity index is 735. The maximum atomic E-state index is 2.33. The highest BCUT2D eigenvalue weighted by Gasteiger charge is 2.27. The minimum atomic E-state index is 1.26. The van der Waals surface area contributed by atoms with E-state index in [1.54, 1.807) is 16.9 Å². The molecule has 0 unspecified atom stereocenters. The van der Waals surface area contributed by atoms with Gasteiger partial charge in [0.15, 0.2) is 0 Å². The molecule has 0 aromatic carbocycles. The number of rotatable bonds is 0. The quantitative estimate of drug-likeness (QED) is 0.447. The van der Waals surface area contributed by atoms with Gasteiger partial charge in [-0.3, -0.25) is 0 Å². The van der Waals surface area contributed by atoms with Gasteiger partial charge in [-0.15, -0.1) is 58.4 Å². The Morgan fingerprint density at radius 1 is 0.478 bits per heavy atom. The predicted molar refractivity (Wildman–Crippen MR) is 125 cm³/mol. The van der Waals surface area contributed by atoms with Crippen LogP contribution in [0.4, 0.5) is 0 Å². The van der Waals surface area contributed by atoms with Crippen molar-refractivity contribution < 1.29 is 0 Å². The van der Waals surface area contributed by atoms with Gasteiger partial charge in [0.2, 0.25) is 0 Å². The van der Waals surface area contributed by atoms with Crippen LogP contribution in [0.1, 0.15) is 0 Å². The van der Waals surface area contributed by atoms with Gasteiger partial charge in [-0.2, -0.15) is 0 Å². The summed E-state index contributed by atoms with van der Waals surface area (Å²) in [4.78, 5) is 0. The molecule has 0 aliphatic carbocycles. The molecule has 0 bridgehead atoms. The van der Waals surface area contributed by atoms with E-state index < -0.39 is 0 Å². The molecule has 4 aliphatic heterocycles. The first-order valence-corrected chi connectivity index (χ1v) is 14.9. The maximum Gasteiger partial charge on any atom is 0.0682 e. The molecule has 0 nitrogen and oxygen atoms in total. The SMILES string of the molecule is c1cc(=C2SC3=C(SCCS3)S2)sc1=C1SC2=C(SCCS2)S1. The summed E-state index contributed by atoms with van der Waals surface area (Å²) in [7, 11) is 0. The van der Waals surface area contributed by atoms with E-state index in [0.29, 0.717) is 0 Å². The van der Waals surface area contributed by atoms with Crippen molar-refractivity contribution in [3.8, 4) is 0 Å². The molecule has 5 rings (SSSR count). The van der Waals surface area contributed by atoms with E-state index in [4.69, 9.17) is 0 Å². The Morgan fingerprint density at radius 2 is 0.826 bits per heavy atom. The Labute approximate surface area is 173 Å². The number of hydrogen-bond donors (Lipinski definition) is 0. The molecule has 1 aromatic rings. The monoisotopic (exact) mass is 466 g/mol. The number of thiophene rings is 1. The first-order chi connectivity index (χ1) is 11.4. The van der Waals surface area contributed by atoms with Crippen molar-refractivity contribution in [1.82, 2.24) is 0 Å². The Hall–Kier alpha value is 1.72. The van der Waals surface area contributed by atoms with Gasteiger partial charge in [0, 0.05) is 32.1 Å². The zero-order valence-electron chi connectivity index (χ0n) is 11.7. The van der Waals surface area contributed by atoms with Gasteiger partial charge in [0.1, 0.15) is 0 Å². The summed E-state index contributed by atoms with van der Waals surface area (Å²) in [5, 5.41) is 0. The second-order valence-corrected chi connectivity index (χ2v) is 15.8. The summed E-state index contributed by atoms with van der Waals surface area (Å²) in [6, 6.07) is 4.66. The smallest absolute Gasteiger partial charge is 0.0682 e. The lowest BCUT2D eigenvalue weighted by molar-refractivity contribution is 1.56. The highest BCUT2D eigenvalue weighted by atomic mass is 32.3. The number of hydrogen-bond acceptors (Lipinski definition) is 9. The number of thioether (sulfide) groups is 8. The van der Waals surface area contributed by atoms with Gasteiger partial charge in [0.25, 0.3) is 0 Å². The zero-order chi connectivity index (χ0) is 15.2. The van der Waals surface area contributed by atoms with E-state index in [1.165, 1.54) is 40.6 Å². The van der Waals surface area contributed by atoms with Crippen LogP contribution in [0.25, 0.3) is 8.47 Å². The van der Waals surface area contributed by atoms with Crippen LogP contribution in [-0.4, -0.2) is 23.0 Å². The Morgan fingerprint density at radius 3 is 1.17 bits per heavy atom. The molecule has 9 heteroatoms. The van der Waals surface area contributed by atoms with Crippen LogP contribution in [-0.2, 0) is 0 Å². The molecule has 0 amide bonds. The molecule has 0 N–H and O–H groups in total. The standard InChI is InChI=1S/C14H10S9/c1-2-8(10-22-13-14(23-10)18-6-5-17-13)19-7(1)9-20-11-12(21-9)16-4-3-15-11/h1-2H,3-6H2. The predicted octanol–water partition coefficient (Wildman–Crippen LogP) is 6.05. The third-order valence-corrected chi connectivity index (χ3v) is 16.5. The molecule has 120 valence electrons. The van der Waals surface area contributed by atoms with Gasteiger partial charge < -0.3 is 0 Å². The van der Waals surface area contributed by atoms with E-state index in [-0.39, 0.29) is 0 Å². The van der Waals surface area contributed by atoms with Crippen molar-refractivity contribution in [2.24, 2.45) is 0 Å². The van der Waals surface area contributed by atoms with Crippen molar-refractivity contribution in [2.45, 2.75) is 0 Å². The van der Waals surface area contributed by atoms with Crippen molar-refractivity contribution in [2.75, 3.05) is 23.0 Å². The molecule has 0 saturated heterocycles. The van der Waals surface area contributed by atoms with Gasteiger partial charge in [0.05, 0.1) is 25.4 Å². The molecule has 0 spiro atoms. The molecule has 1 aromatic heterocycles. The molecular weight excluding hydrogens is 457 g/mol. The second-order valence-electron chi connectivity index (χ2n) is 4.69. The fraction of sp³-hybridized carbons (Fsp3) is 0.286. The van der Waals surface area contributed by atoms with Crippen LogP contribution in [0.5, 0.6) is 0 Å². The minimum absolute atomic E-state index is 1.26. The highest BCUT2D eigenvalue weighted by molar-refractivity contribution is 8.47.